The third kappa shape index (κ3) is 3.87. The van der Waals surface area contributed by atoms with Crippen LogP contribution in [-0.4, -0.2) is 52.3 Å². The first-order chi connectivity index (χ1) is 8.43. The second kappa shape index (κ2) is 6.58. The summed E-state index contributed by atoms with van der Waals surface area (Å²) in [7, 11) is 1.67. The number of nitrogens with one attached hydrogen (secondary N) is 1. The van der Waals surface area contributed by atoms with Crippen LogP contribution in [0.3, 0.4) is 0 Å². The zero-order chi connectivity index (χ0) is 13.7. The fourth-order valence-corrected chi connectivity index (χ4v) is 2.26. The molecule has 2 amide bonds. The molecule has 1 saturated carbocycles. The Bertz CT molecular complexity index is 300. The summed E-state index contributed by atoms with van der Waals surface area (Å²) in [5.41, 5.74) is 0. The lowest BCUT2D eigenvalue weighted by Crippen LogP contribution is -2.53. The Labute approximate surface area is 107 Å². The van der Waals surface area contributed by atoms with Crippen molar-refractivity contribution in [2.45, 2.75) is 57.2 Å². The van der Waals surface area contributed by atoms with E-state index in [4.69, 9.17) is 5.11 Å². The van der Waals surface area contributed by atoms with Crippen LogP contribution < -0.4 is 5.32 Å². The average Bonchev–Trinajstić information content (AvgIpc) is 2.35. The third-order valence-corrected chi connectivity index (χ3v) is 3.47. The van der Waals surface area contributed by atoms with Crippen molar-refractivity contribution in [2.24, 2.45) is 0 Å². The Morgan fingerprint density at radius 1 is 1.28 bits per heavy atom. The highest BCUT2D eigenvalue weighted by Gasteiger charge is 2.28. The number of nitrogens with zero attached hydrogens (tertiary/aromatic N) is 1. The third-order valence-electron chi connectivity index (χ3n) is 3.47. The molecule has 0 saturated heterocycles. The SMILES string of the molecule is CC(O)C(NC(=O)N(C)C1CCCCC1)C(=O)O. The molecule has 0 heterocycles. The summed E-state index contributed by atoms with van der Waals surface area (Å²) < 4.78 is 0. The fraction of sp³-hybridized carbons (Fsp3) is 0.833. The second-order valence-electron chi connectivity index (χ2n) is 4.91. The number of hydrogen-bond acceptors (Lipinski definition) is 3. The maximum atomic E-state index is 11.9. The van der Waals surface area contributed by atoms with E-state index in [1.165, 1.54) is 13.3 Å². The van der Waals surface area contributed by atoms with Gasteiger partial charge in [0.15, 0.2) is 6.04 Å². The number of aliphatic hydroxyl groups excluding tert-OH is 1. The largest absolute Gasteiger partial charge is 0.480 e. The van der Waals surface area contributed by atoms with E-state index in [1.807, 2.05) is 0 Å². The van der Waals surface area contributed by atoms with Crippen LogP contribution in [0.4, 0.5) is 4.79 Å². The minimum absolute atomic E-state index is 0.169. The first-order valence-electron chi connectivity index (χ1n) is 6.37. The molecule has 0 aromatic heterocycles. The molecule has 2 atom stereocenters. The second-order valence-corrected chi connectivity index (χ2v) is 4.91. The molecule has 6 heteroatoms. The van der Waals surface area contributed by atoms with Crippen LogP contribution in [-0.2, 0) is 4.79 Å². The number of rotatable bonds is 4. The summed E-state index contributed by atoms with van der Waals surface area (Å²) in [5.74, 6) is -1.23. The van der Waals surface area contributed by atoms with Crippen molar-refractivity contribution in [3.8, 4) is 0 Å². The smallest absolute Gasteiger partial charge is 0.328 e. The molecule has 1 fully saturated rings. The summed E-state index contributed by atoms with van der Waals surface area (Å²) in [6.07, 6.45) is 4.18. The Morgan fingerprint density at radius 3 is 2.28 bits per heavy atom. The van der Waals surface area contributed by atoms with Gasteiger partial charge in [0.2, 0.25) is 0 Å². The van der Waals surface area contributed by atoms with Crippen LogP contribution >= 0.6 is 0 Å². The molecule has 1 aliphatic carbocycles. The summed E-state index contributed by atoms with van der Waals surface area (Å²) in [6, 6.07) is -1.53. The van der Waals surface area contributed by atoms with Gasteiger partial charge in [0.25, 0.3) is 0 Å². The van der Waals surface area contributed by atoms with Crippen molar-refractivity contribution in [3.63, 3.8) is 0 Å². The molecule has 0 radical (unpaired) electrons. The minimum atomic E-state index is -1.26. The number of carbonyl (C=O) groups excluding carboxylic acids is 1. The van der Waals surface area contributed by atoms with Gasteiger partial charge in [-0.25, -0.2) is 9.59 Å². The predicted molar refractivity (Wildman–Crippen MR) is 66.3 cm³/mol. The summed E-state index contributed by atoms with van der Waals surface area (Å²) in [6.45, 7) is 1.35. The van der Waals surface area contributed by atoms with Crippen LogP contribution in [0, 0.1) is 0 Å². The Hall–Kier alpha value is -1.30. The Balaban J connectivity index is 2.54. The van der Waals surface area contributed by atoms with Crippen LogP contribution in [0.1, 0.15) is 39.0 Å². The molecular formula is C12H22N2O4. The molecule has 0 spiro atoms. The molecule has 6 nitrogen and oxygen atoms in total. The molecule has 0 aromatic rings. The zero-order valence-electron chi connectivity index (χ0n) is 10.9. The maximum absolute atomic E-state index is 11.9. The molecule has 1 aliphatic rings. The number of amides is 2. The number of carbonyl (C=O) groups is 2. The van der Waals surface area contributed by atoms with Crippen molar-refractivity contribution in [1.82, 2.24) is 10.2 Å². The van der Waals surface area contributed by atoms with Crippen molar-refractivity contribution in [2.75, 3.05) is 7.05 Å². The quantitative estimate of drug-likeness (QED) is 0.695. The van der Waals surface area contributed by atoms with E-state index in [1.54, 1.807) is 11.9 Å². The van der Waals surface area contributed by atoms with Gasteiger partial charge in [-0.3, -0.25) is 0 Å². The normalized spacial score (nSPS) is 19.9. The van der Waals surface area contributed by atoms with Gasteiger partial charge in [-0.1, -0.05) is 19.3 Å². The van der Waals surface area contributed by atoms with E-state index in [0.717, 1.165) is 25.7 Å². The predicted octanol–water partition coefficient (Wildman–Crippen LogP) is 0.794. The van der Waals surface area contributed by atoms with Gasteiger partial charge in [0, 0.05) is 13.1 Å². The Morgan fingerprint density at radius 2 is 1.83 bits per heavy atom. The molecule has 1 rings (SSSR count). The highest BCUT2D eigenvalue weighted by molar-refractivity contribution is 5.83. The van der Waals surface area contributed by atoms with E-state index in [-0.39, 0.29) is 6.04 Å². The first-order valence-corrected chi connectivity index (χ1v) is 6.37. The van der Waals surface area contributed by atoms with Crippen LogP contribution in [0.2, 0.25) is 0 Å². The van der Waals surface area contributed by atoms with E-state index >= 15 is 0 Å². The van der Waals surface area contributed by atoms with Crippen LogP contribution in [0.25, 0.3) is 0 Å². The lowest BCUT2D eigenvalue weighted by atomic mass is 9.95. The highest BCUT2D eigenvalue weighted by Crippen LogP contribution is 2.21. The monoisotopic (exact) mass is 258 g/mol. The molecular weight excluding hydrogens is 236 g/mol. The summed E-state index contributed by atoms with van der Waals surface area (Å²) in [5, 5.41) is 20.6. The highest BCUT2D eigenvalue weighted by atomic mass is 16.4. The average molecular weight is 258 g/mol. The van der Waals surface area contributed by atoms with Gasteiger partial charge >= 0.3 is 12.0 Å². The number of aliphatic carboxylic acids is 1. The lowest BCUT2D eigenvalue weighted by molar-refractivity contribution is -0.141. The zero-order valence-corrected chi connectivity index (χ0v) is 10.9. The maximum Gasteiger partial charge on any atom is 0.328 e. The van der Waals surface area contributed by atoms with Crippen molar-refractivity contribution < 1.29 is 19.8 Å². The lowest BCUT2D eigenvalue weighted by Gasteiger charge is -2.32. The number of carboxylic acids is 1. The van der Waals surface area contributed by atoms with Crippen LogP contribution in [0.5, 0.6) is 0 Å². The molecule has 2 unspecified atom stereocenters. The number of aliphatic hydroxyl groups is 1. The molecule has 0 aromatic carbocycles. The molecule has 0 aliphatic heterocycles. The van der Waals surface area contributed by atoms with Gasteiger partial charge in [-0.05, 0) is 19.8 Å². The van der Waals surface area contributed by atoms with E-state index in [0.29, 0.717) is 0 Å². The van der Waals surface area contributed by atoms with E-state index < -0.39 is 24.1 Å². The molecule has 18 heavy (non-hydrogen) atoms. The number of carboxylic acid groups (broad SMARTS) is 1. The van der Waals surface area contributed by atoms with Gasteiger partial charge < -0.3 is 20.4 Å². The van der Waals surface area contributed by atoms with Crippen molar-refractivity contribution in [1.29, 1.82) is 0 Å². The van der Waals surface area contributed by atoms with Crippen LogP contribution in [0.15, 0.2) is 0 Å². The summed E-state index contributed by atoms with van der Waals surface area (Å²) >= 11 is 0. The first kappa shape index (κ1) is 14.8. The van der Waals surface area contributed by atoms with Gasteiger partial charge in [-0.15, -0.1) is 0 Å². The van der Waals surface area contributed by atoms with E-state index in [2.05, 4.69) is 5.32 Å². The fourth-order valence-electron chi connectivity index (χ4n) is 2.26. The molecule has 104 valence electrons. The van der Waals surface area contributed by atoms with Gasteiger partial charge in [0.1, 0.15) is 0 Å². The minimum Gasteiger partial charge on any atom is -0.480 e. The Kier molecular flexibility index (Phi) is 5.40. The molecule has 0 bridgehead atoms. The van der Waals surface area contributed by atoms with Crippen molar-refractivity contribution in [3.05, 3.63) is 0 Å². The van der Waals surface area contributed by atoms with Gasteiger partial charge in [-0.2, -0.15) is 0 Å². The van der Waals surface area contributed by atoms with E-state index in [9.17, 15) is 14.7 Å². The van der Waals surface area contributed by atoms with Gasteiger partial charge in [0.05, 0.1) is 6.10 Å². The number of hydrogen-bond donors (Lipinski definition) is 3. The number of urea groups is 1. The standard InChI is InChI=1S/C12H22N2O4/c1-8(15)10(11(16)17)13-12(18)14(2)9-6-4-3-5-7-9/h8-10,15H,3-7H2,1-2H3,(H,13,18)(H,16,17). The summed E-state index contributed by atoms with van der Waals surface area (Å²) in [4.78, 5) is 24.3. The molecule has 3 N–H and O–H groups in total. The topological polar surface area (TPSA) is 89.9 Å². The van der Waals surface area contributed by atoms with Crippen molar-refractivity contribution >= 4 is 12.0 Å².